The van der Waals surface area contributed by atoms with E-state index in [2.05, 4.69) is 46.9 Å². The maximum Gasteiger partial charge on any atom is 0.339 e. The molecule has 3 nitrogen and oxygen atoms in total. The van der Waals surface area contributed by atoms with Crippen LogP contribution < -0.4 is 4.18 Å². The number of benzene rings is 4. The molecular weight excluding hydrogens is 527 g/mol. The molecule has 0 aliphatic rings. The van der Waals surface area contributed by atoms with Crippen LogP contribution in [0.1, 0.15) is 0 Å². The second kappa shape index (κ2) is 9.24. The van der Waals surface area contributed by atoms with Crippen LogP contribution in [0.5, 0.6) is 5.75 Å². The molecule has 0 aromatic heterocycles. The summed E-state index contributed by atoms with van der Waals surface area (Å²) in [5, 5.41) is 0. The van der Waals surface area contributed by atoms with E-state index in [1.807, 2.05) is 48.5 Å². The number of hydrogen-bond acceptors (Lipinski definition) is 3. The SMILES string of the molecule is O=S(=O)(Oc1ccc([S+](c2ccccc2)c2ccccc2)cc1)c1ccc(I)cc1. The first-order chi connectivity index (χ1) is 14.5. The summed E-state index contributed by atoms with van der Waals surface area (Å²) in [5.41, 5.74) is 0. The second-order valence-corrected chi connectivity index (χ2v) is 11.2. The fourth-order valence-electron chi connectivity index (χ4n) is 2.93. The van der Waals surface area contributed by atoms with Crippen molar-refractivity contribution in [3.8, 4) is 5.75 Å². The van der Waals surface area contributed by atoms with E-state index >= 15 is 0 Å². The summed E-state index contributed by atoms with van der Waals surface area (Å²) in [6, 6.07) is 34.5. The predicted molar refractivity (Wildman–Crippen MR) is 128 cm³/mol. The topological polar surface area (TPSA) is 43.4 Å². The van der Waals surface area contributed by atoms with Crippen molar-refractivity contribution in [1.82, 2.24) is 0 Å². The van der Waals surface area contributed by atoms with Crippen LogP contribution in [0.15, 0.2) is 129 Å². The third-order valence-corrected chi connectivity index (χ3v) is 8.54. The molecule has 0 saturated heterocycles. The standard InChI is InChI=1S/C24H18IO3S2/c25-19-11-17-24(18-12-19)30(26,27)28-20-13-15-23(16-14-20)29(21-7-3-1-4-8-21)22-9-5-2-6-10-22/h1-18H/q+1. The zero-order valence-electron chi connectivity index (χ0n) is 15.8. The van der Waals surface area contributed by atoms with Gasteiger partial charge in [0.2, 0.25) is 0 Å². The molecule has 4 aromatic carbocycles. The van der Waals surface area contributed by atoms with E-state index < -0.39 is 10.1 Å². The fraction of sp³-hybridized carbons (Fsp3) is 0. The molecule has 30 heavy (non-hydrogen) atoms. The Morgan fingerprint density at radius 1 is 0.600 bits per heavy atom. The van der Waals surface area contributed by atoms with E-state index in [0.717, 1.165) is 8.47 Å². The summed E-state index contributed by atoms with van der Waals surface area (Å²) in [6.45, 7) is 0. The quantitative estimate of drug-likeness (QED) is 0.166. The summed E-state index contributed by atoms with van der Waals surface area (Å²) in [6.07, 6.45) is 0. The minimum absolute atomic E-state index is 0.139. The summed E-state index contributed by atoms with van der Waals surface area (Å²) >= 11 is 2.13. The third kappa shape index (κ3) is 4.88. The Bertz CT molecular complexity index is 1170. The Balaban J connectivity index is 1.63. The molecule has 0 atom stereocenters. The summed E-state index contributed by atoms with van der Waals surface area (Å²) < 4.78 is 31.4. The first kappa shape index (κ1) is 21.0. The van der Waals surface area contributed by atoms with E-state index in [4.69, 9.17) is 4.18 Å². The van der Waals surface area contributed by atoms with Crippen LogP contribution >= 0.6 is 22.6 Å². The Kier molecular flexibility index (Phi) is 6.46. The highest BCUT2D eigenvalue weighted by atomic mass is 127. The molecule has 150 valence electrons. The molecule has 0 heterocycles. The van der Waals surface area contributed by atoms with Gasteiger partial charge in [0.1, 0.15) is 10.6 Å². The molecule has 0 bridgehead atoms. The lowest BCUT2D eigenvalue weighted by Gasteiger charge is -2.10. The van der Waals surface area contributed by atoms with Gasteiger partial charge in [-0.1, -0.05) is 36.4 Å². The predicted octanol–water partition coefficient (Wildman–Crippen LogP) is 6.15. The van der Waals surface area contributed by atoms with Gasteiger partial charge in [0.05, 0.1) is 10.9 Å². The summed E-state index contributed by atoms with van der Waals surface area (Å²) in [4.78, 5) is 3.62. The monoisotopic (exact) mass is 545 g/mol. The Morgan fingerprint density at radius 3 is 1.57 bits per heavy atom. The minimum Gasteiger partial charge on any atom is -0.379 e. The Labute approximate surface area is 193 Å². The van der Waals surface area contributed by atoms with Crippen molar-refractivity contribution in [2.45, 2.75) is 19.6 Å². The van der Waals surface area contributed by atoms with Gasteiger partial charge in [0, 0.05) is 3.57 Å². The molecule has 0 aliphatic carbocycles. The van der Waals surface area contributed by atoms with Crippen molar-refractivity contribution in [2.24, 2.45) is 0 Å². The molecule has 0 unspecified atom stereocenters. The van der Waals surface area contributed by atoms with Crippen molar-refractivity contribution < 1.29 is 12.6 Å². The highest BCUT2D eigenvalue weighted by molar-refractivity contribution is 14.1. The molecule has 0 N–H and O–H groups in total. The van der Waals surface area contributed by atoms with Crippen molar-refractivity contribution >= 4 is 43.6 Å². The fourth-order valence-corrected chi connectivity index (χ4v) is 6.30. The van der Waals surface area contributed by atoms with Gasteiger partial charge in [-0.2, -0.15) is 8.42 Å². The minimum atomic E-state index is -3.87. The van der Waals surface area contributed by atoms with E-state index in [1.165, 1.54) is 9.79 Å². The van der Waals surface area contributed by atoms with E-state index in [0.29, 0.717) is 5.75 Å². The first-order valence-electron chi connectivity index (χ1n) is 9.17. The summed E-state index contributed by atoms with van der Waals surface area (Å²) in [7, 11) is -4.16. The van der Waals surface area contributed by atoms with Gasteiger partial charge in [-0.25, -0.2) is 0 Å². The van der Waals surface area contributed by atoms with Crippen LogP contribution in [0.2, 0.25) is 0 Å². The molecular formula is C24H18IO3S2+. The lowest BCUT2D eigenvalue weighted by molar-refractivity contribution is 0.486. The van der Waals surface area contributed by atoms with Gasteiger partial charge >= 0.3 is 10.1 Å². The Hall–Kier alpha value is -2.29. The second-order valence-electron chi connectivity index (χ2n) is 6.40. The maximum absolute atomic E-state index is 12.6. The van der Waals surface area contributed by atoms with Gasteiger partial charge in [-0.15, -0.1) is 0 Å². The van der Waals surface area contributed by atoms with Gasteiger partial charge in [0.25, 0.3) is 0 Å². The van der Waals surface area contributed by atoms with Crippen LogP contribution in [0.3, 0.4) is 0 Å². The van der Waals surface area contributed by atoms with Crippen molar-refractivity contribution in [2.75, 3.05) is 0 Å². The molecule has 0 aliphatic heterocycles. The average molecular weight is 545 g/mol. The van der Waals surface area contributed by atoms with E-state index in [9.17, 15) is 8.42 Å². The van der Waals surface area contributed by atoms with E-state index in [1.54, 1.807) is 36.4 Å². The number of hydrogen-bond donors (Lipinski definition) is 0. The molecule has 0 amide bonds. The normalized spacial score (nSPS) is 11.4. The highest BCUT2D eigenvalue weighted by Gasteiger charge is 2.28. The van der Waals surface area contributed by atoms with Crippen LogP contribution in [-0.4, -0.2) is 8.42 Å². The lowest BCUT2D eigenvalue weighted by Crippen LogP contribution is -2.10. The smallest absolute Gasteiger partial charge is 0.339 e. The van der Waals surface area contributed by atoms with E-state index in [-0.39, 0.29) is 15.8 Å². The molecule has 0 spiro atoms. The zero-order chi connectivity index (χ0) is 21.0. The lowest BCUT2D eigenvalue weighted by atomic mass is 10.3. The molecule has 0 saturated carbocycles. The first-order valence-corrected chi connectivity index (χ1v) is 12.9. The Morgan fingerprint density at radius 2 is 1.07 bits per heavy atom. The van der Waals surface area contributed by atoms with Crippen LogP contribution in [0, 0.1) is 3.57 Å². The van der Waals surface area contributed by atoms with Crippen LogP contribution in [0.4, 0.5) is 0 Å². The van der Waals surface area contributed by atoms with Gasteiger partial charge in [-0.3, -0.25) is 0 Å². The number of rotatable bonds is 6. The molecule has 6 heteroatoms. The van der Waals surface area contributed by atoms with Crippen LogP contribution in [0.25, 0.3) is 0 Å². The van der Waals surface area contributed by atoms with Crippen molar-refractivity contribution in [3.63, 3.8) is 0 Å². The molecule has 4 rings (SSSR count). The maximum atomic E-state index is 12.6. The number of halogens is 1. The van der Waals surface area contributed by atoms with Crippen LogP contribution in [-0.2, 0) is 21.0 Å². The molecule has 0 fully saturated rings. The largest absolute Gasteiger partial charge is 0.379 e. The van der Waals surface area contributed by atoms with Crippen molar-refractivity contribution in [3.05, 3.63) is 113 Å². The molecule has 4 aromatic rings. The van der Waals surface area contributed by atoms with Gasteiger partial charge < -0.3 is 4.18 Å². The average Bonchev–Trinajstić information content (AvgIpc) is 2.77. The molecule has 0 radical (unpaired) electrons. The van der Waals surface area contributed by atoms with Gasteiger partial charge in [0.15, 0.2) is 14.7 Å². The van der Waals surface area contributed by atoms with Gasteiger partial charge in [-0.05, 0) is 95.4 Å². The zero-order valence-corrected chi connectivity index (χ0v) is 19.6. The van der Waals surface area contributed by atoms with Crippen molar-refractivity contribution in [1.29, 1.82) is 0 Å². The third-order valence-electron chi connectivity index (χ3n) is 4.33. The summed E-state index contributed by atoms with van der Waals surface area (Å²) in [5.74, 6) is 0.293. The highest BCUT2D eigenvalue weighted by Crippen LogP contribution is 2.32.